The quantitative estimate of drug-likeness (QED) is 0.501. The average Bonchev–Trinajstić information content (AvgIpc) is 2.79. The smallest absolute Gasteiger partial charge is 0.411 e. The summed E-state index contributed by atoms with van der Waals surface area (Å²) in [6, 6.07) is 4.21. The Balaban J connectivity index is 1.94. The predicted molar refractivity (Wildman–Crippen MR) is 66.0 cm³/mol. The predicted octanol–water partition coefficient (Wildman–Crippen LogP) is 2.73. The van der Waals surface area contributed by atoms with E-state index in [1.807, 2.05) is 0 Å². The van der Waals surface area contributed by atoms with E-state index >= 15 is 0 Å². The summed E-state index contributed by atoms with van der Waals surface area (Å²) in [5.41, 5.74) is 0.0711. The van der Waals surface area contributed by atoms with Crippen molar-refractivity contribution >= 4 is 22.8 Å². The summed E-state index contributed by atoms with van der Waals surface area (Å²) in [4.78, 5) is 14.1. The minimum Gasteiger partial charge on any atom is -0.423 e. The van der Waals surface area contributed by atoms with Crippen molar-refractivity contribution in [3.63, 3.8) is 0 Å². The molecule has 21 heavy (non-hydrogen) atoms. The fourth-order valence-electron chi connectivity index (χ4n) is 1.57. The van der Waals surface area contributed by atoms with Gasteiger partial charge in [0.05, 0.1) is 11.5 Å². The Labute approximate surface area is 115 Å². The zero-order chi connectivity index (χ0) is 15.5. The minimum absolute atomic E-state index is 0.0186. The van der Waals surface area contributed by atoms with Crippen LogP contribution in [0.3, 0.4) is 0 Å². The molecule has 0 unspecified atom stereocenters. The van der Waals surface area contributed by atoms with Crippen LogP contribution in [0.15, 0.2) is 22.6 Å². The highest BCUT2D eigenvalue weighted by Gasteiger charge is 2.27. The molecule has 0 saturated heterocycles. The first-order valence-electron chi connectivity index (χ1n) is 5.79. The molecule has 7 nitrogen and oxygen atoms in total. The van der Waals surface area contributed by atoms with Crippen molar-refractivity contribution in [1.29, 1.82) is 0 Å². The van der Waals surface area contributed by atoms with Gasteiger partial charge in [-0.05, 0) is 6.07 Å². The van der Waals surface area contributed by atoms with E-state index < -0.39 is 17.7 Å². The van der Waals surface area contributed by atoms with Crippen LogP contribution in [-0.2, 0) is 4.74 Å². The molecule has 1 aromatic carbocycles. The summed E-state index contributed by atoms with van der Waals surface area (Å²) in [6.45, 7) is -1.52. The highest BCUT2D eigenvalue weighted by molar-refractivity contribution is 5.83. The lowest BCUT2D eigenvalue weighted by Gasteiger charge is -2.07. The maximum atomic E-state index is 11.8. The average molecular weight is 305 g/mol. The second kappa shape index (κ2) is 5.95. The van der Waals surface area contributed by atoms with Crippen LogP contribution in [-0.4, -0.2) is 35.8 Å². The normalized spacial score (nSPS) is 11.8. The van der Waals surface area contributed by atoms with Gasteiger partial charge >= 0.3 is 6.18 Å². The number of para-hydroxylation sites is 1. The third-order valence-electron chi connectivity index (χ3n) is 2.38. The van der Waals surface area contributed by atoms with Crippen LogP contribution < -0.4 is 5.32 Å². The molecule has 1 heterocycles. The number of anilines is 1. The SMILES string of the molecule is O=[N+]([O-])c1cccc2oc(NCCOCC(F)(F)F)nc12. The Kier molecular flexibility index (Phi) is 4.26. The van der Waals surface area contributed by atoms with Gasteiger partial charge in [-0.3, -0.25) is 10.1 Å². The minimum atomic E-state index is -4.38. The maximum absolute atomic E-state index is 11.8. The topological polar surface area (TPSA) is 90.4 Å². The molecule has 2 aromatic rings. The molecule has 0 aliphatic heterocycles. The van der Waals surface area contributed by atoms with Gasteiger partial charge in [0.15, 0.2) is 11.1 Å². The zero-order valence-electron chi connectivity index (χ0n) is 10.5. The Hall–Kier alpha value is -2.36. The molecule has 1 N–H and O–H groups in total. The first kappa shape index (κ1) is 15.0. The molecule has 114 valence electrons. The van der Waals surface area contributed by atoms with Crippen molar-refractivity contribution in [3.05, 3.63) is 28.3 Å². The standard InChI is InChI=1S/C11H10F3N3O4/c12-11(13,14)6-20-5-4-15-10-16-9-7(17(18)19)2-1-3-8(9)21-10/h1-3H,4-6H2,(H,15,16). The van der Waals surface area contributed by atoms with Gasteiger partial charge < -0.3 is 14.5 Å². The summed E-state index contributed by atoms with van der Waals surface area (Å²) >= 11 is 0. The van der Waals surface area contributed by atoms with Crippen LogP contribution in [0.5, 0.6) is 0 Å². The number of hydrogen-bond acceptors (Lipinski definition) is 6. The second-order valence-electron chi connectivity index (χ2n) is 3.99. The summed E-state index contributed by atoms with van der Waals surface area (Å²) < 4.78 is 45.1. The number of nitro groups is 1. The first-order chi connectivity index (χ1) is 9.87. The third kappa shape index (κ3) is 4.05. The van der Waals surface area contributed by atoms with Crippen LogP contribution in [0.2, 0.25) is 0 Å². The van der Waals surface area contributed by atoms with E-state index in [2.05, 4.69) is 15.0 Å². The Bertz CT molecular complexity index is 641. The second-order valence-corrected chi connectivity index (χ2v) is 3.99. The Morgan fingerprint density at radius 3 is 2.86 bits per heavy atom. The van der Waals surface area contributed by atoms with Gasteiger partial charge in [0, 0.05) is 12.6 Å². The van der Waals surface area contributed by atoms with E-state index in [0.29, 0.717) is 0 Å². The highest BCUT2D eigenvalue weighted by atomic mass is 19.4. The number of ether oxygens (including phenoxy) is 1. The Morgan fingerprint density at radius 1 is 1.43 bits per heavy atom. The molecule has 0 atom stereocenters. The van der Waals surface area contributed by atoms with Gasteiger partial charge in [-0.15, -0.1) is 0 Å². The molecule has 0 radical (unpaired) electrons. The lowest BCUT2D eigenvalue weighted by Crippen LogP contribution is -2.20. The summed E-state index contributed by atoms with van der Waals surface area (Å²) in [5, 5.41) is 13.4. The van der Waals surface area contributed by atoms with Crippen molar-refractivity contribution < 1.29 is 27.2 Å². The van der Waals surface area contributed by atoms with Crippen LogP contribution in [0.25, 0.3) is 11.1 Å². The highest BCUT2D eigenvalue weighted by Crippen LogP contribution is 2.27. The van der Waals surface area contributed by atoms with Gasteiger partial charge in [0.2, 0.25) is 0 Å². The number of hydrogen-bond donors (Lipinski definition) is 1. The van der Waals surface area contributed by atoms with Crippen molar-refractivity contribution in [2.24, 2.45) is 0 Å². The number of aromatic nitrogens is 1. The number of nitro benzene ring substituents is 1. The van der Waals surface area contributed by atoms with Crippen LogP contribution in [0.1, 0.15) is 0 Å². The number of halogens is 3. The van der Waals surface area contributed by atoms with E-state index in [-0.39, 0.29) is 36.0 Å². The molecule has 0 fully saturated rings. The van der Waals surface area contributed by atoms with Crippen molar-refractivity contribution in [1.82, 2.24) is 4.98 Å². The third-order valence-corrected chi connectivity index (χ3v) is 2.38. The molecule has 10 heteroatoms. The van der Waals surface area contributed by atoms with Crippen LogP contribution in [0.4, 0.5) is 24.9 Å². The van der Waals surface area contributed by atoms with Gasteiger partial charge in [0.1, 0.15) is 6.61 Å². The number of oxazole rings is 1. The molecular formula is C11H10F3N3O4. The summed E-state index contributed by atoms with van der Waals surface area (Å²) in [6.07, 6.45) is -4.38. The maximum Gasteiger partial charge on any atom is 0.411 e. The molecule has 0 aliphatic rings. The lowest BCUT2D eigenvalue weighted by molar-refractivity contribution is -0.383. The molecule has 0 aliphatic carbocycles. The van der Waals surface area contributed by atoms with Gasteiger partial charge in [-0.2, -0.15) is 18.2 Å². The van der Waals surface area contributed by atoms with E-state index in [0.717, 1.165) is 0 Å². The van der Waals surface area contributed by atoms with E-state index in [4.69, 9.17) is 4.42 Å². The summed E-state index contributed by atoms with van der Waals surface area (Å²) in [5.74, 6) is 0. The molecule has 0 amide bonds. The van der Waals surface area contributed by atoms with Crippen molar-refractivity contribution in [2.75, 3.05) is 25.1 Å². The Morgan fingerprint density at radius 2 is 2.19 bits per heavy atom. The van der Waals surface area contributed by atoms with E-state index in [9.17, 15) is 23.3 Å². The van der Waals surface area contributed by atoms with Crippen LogP contribution in [0, 0.1) is 10.1 Å². The van der Waals surface area contributed by atoms with Gasteiger partial charge in [0.25, 0.3) is 11.7 Å². The number of non-ortho nitro benzene ring substituents is 1. The van der Waals surface area contributed by atoms with Gasteiger partial charge in [-0.25, -0.2) is 0 Å². The van der Waals surface area contributed by atoms with E-state index in [1.54, 1.807) is 0 Å². The zero-order valence-corrected chi connectivity index (χ0v) is 10.5. The molecule has 0 spiro atoms. The number of alkyl halides is 3. The fraction of sp³-hybridized carbons (Fsp3) is 0.364. The fourth-order valence-corrected chi connectivity index (χ4v) is 1.57. The molecule has 0 saturated carbocycles. The largest absolute Gasteiger partial charge is 0.423 e. The van der Waals surface area contributed by atoms with Gasteiger partial charge in [-0.1, -0.05) is 6.07 Å². The first-order valence-corrected chi connectivity index (χ1v) is 5.79. The van der Waals surface area contributed by atoms with Crippen molar-refractivity contribution in [2.45, 2.75) is 6.18 Å². The number of nitrogens with one attached hydrogen (secondary N) is 1. The molecule has 1 aromatic heterocycles. The monoisotopic (exact) mass is 305 g/mol. The summed E-state index contributed by atoms with van der Waals surface area (Å²) in [7, 11) is 0. The molecular weight excluding hydrogens is 295 g/mol. The molecule has 2 rings (SSSR count). The lowest BCUT2D eigenvalue weighted by atomic mass is 10.3. The number of fused-ring (bicyclic) bond motifs is 1. The van der Waals surface area contributed by atoms with Crippen molar-refractivity contribution in [3.8, 4) is 0 Å². The number of rotatable bonds is 6. The molecule has 0 bridgehead atoms. The number of benzene rings is 1. The van der Waals surface area contributed by atoms with Crippen LogP contribution >= 0.6 is 0 Å². The van der Waals surface area contributed by atoms with E-state index in [1.165, 1.54) is 18.2 Å². The number of nitrogens with zero attached hydrogens (tertiary/aromatic N) is 2.